The molecule has 0 radical (unpaired) electrons. The Morgan fingerprint density at radius 3 is 2.65 bits per heavy atom. The summed E-state index contributed by atoms with van der Waals surface area (Å²) in [6.07, 6.45) is 1.84. The second-order valence-corrected chi connectivity index (χ2v) is 6.78. The third-order valence-corrected chi connectivity index (χ3v) is 5.24. The molecule has 0 fully saturated rings. The van der Waals surface area contributed by atoms with Gasteiger partial charge in [0.05, 0.1) is 16.0 Å². The Labute approximate surface area is 140 Å². The number of rotatable bonds is 5. The number of halogens is 1. The van der Waals surface area contributed by atoms with E-state index >= 15 is 0 Å². The molecule has 1 N–H and O–H groups in total. The Kier molecular flexibility index (Phi) is 4.73. The third kappa shape index (κ3) is 3.97. The number of fused-ring (bicyclic) bond motifs is 1. The van der Waals surface area contributed by atoms with Crippen molar-refractivity contribution in [2.45, 2.75) is 0 Å². The highest BCUT2D eigenvalue weighted by Crippen LogP contribution is 2.35. The van der Waals surface area contributed by atoms with Crippen molar-refractivity contribution in [1.29, 1.82) is 0 Å². The van der Waals surface area contributed by atoms with Crippen LogP contribution in [0.3, 0.4) is 0 Å². The first-order valence-corrected chi connectivity index (χ1v) is 8.60. The second-order valence-electron chi connectivity index (χ2n) is 4.73. The molecule has 3 nitrogen and oxygen atoms in total. The second kappa shape index (κ2) is 6.93. The number of nitrogens with zero attached hydrogens (tertiary/aromatic N) is 1. The lowest BCUT2D eigenvalue weighted by Crippen LogP contribution is -1.98. The first kappa shape index (κ1) is 15.7. The summed E-state index contributed by atoms with van der Waals surface area (Å²) >= 11 is 2.72. The van der Waals surface area contributed by atoms with E-state index in [9.17, 15) is 9.18 Å². The van der Waals surface area contributed by atoms with Gasteiger partial charge in [-0.2, -0.15) is 0 Å². The smallest absolute Gasteiger partial charge is 0.313 e. The maximum atomic E-state index is 13.0. The average Bonchev–Trinajstić information content (AvgIpc) is 2.97. The van der Waals surface area contributed by atoms with E-state index in [1.54, 1.807) is 12.1 Å². The van der Waals surface area contributed by atoms with E-state index in [4.69, 9.17) is 5.11 Å². The van der Waals surface area contributed by atoms with E-state index in [-0.39, 0.29) is 11.6 Å². The number of thiazole rings is 1. The van der Waals surface area contributed by atoms with Gasteiger partial charge >= 0.3 is 5.97 Å². The molecule has 0 unspecified atom stereocenters. The van der Waals surface area contributed by atoms with Gasteiger partial charge in [-0.25, -0.2) is 9.37 Å². The number of aliphatic carboxylic acids is 1. The maximum Gasteiger partial charge on any atom is 0.313 e. The minimum atomic E-state index is -0.888. The lowest BCUT2D eigenvalue weighted by molar-refractivity contribution is -0.133. The van der Waals surface area contributed by atoms with Crippen LogP contribution < -0.4 is 0 Å². The number of carbonyl (C=O) groups is 1. The molecule has 3 aromatic rings. The highest BCUT2D eigenvalue weighted by Gasteiger charge is 2.11. The molecule has 2 aromatic carbocycles. The van der Waals surface area contributed by atoms with E-state index in [2.05, 4.69) is 4.98 Å². The van der Waals surface area contributed by atoms with Gasteiger partial charge in [-0.05, 0) is 35.9 Å². The van der Waals surface area contributed by atoms with E-state index in [1.807, 2.05) is 30.3 Å². The van der Waals surface area contributed by atoms with Crippen LogP contribution in [0.15, 0.2) is 48.5 Å². The van der Waals surface area contributed by atoms with Crippen molar-refractivity contribution in [3.63, 3.8) is 0 Å². The minimum absolute atomic E-state index is 0.0526. The minimum Gasteiger partial charge on any atom is -0.481 e. The summed E-state index contributed by atoms with van der Waals surface area (Å²) in [6, 6.07) is 13.8. The van der Waals surface area contributed by atoms with Crippen LogP contribution in [-0.2, 0) is 4.79 Å². The molecule has 6 heteroatoms. The Morgan fingerprint density at radius 2 is 1.96 bits per heavy atom. The molecule has 0 aliphatic carbocycles. The van der Waals surface area contributed by atoms with Crippen LogP contribution in [0.4, 0.5) is 4.39 Å². The summed E-state index contributed by atoms with van der Waals surface area (Å²) in [7, 11) is 0. The number of hydrogen-bond acceptors (Lipinski definition) is 4. The van der Waals surface area contributed by atoms with Crippen molar-refractivity contribution >= 4 is 50.3 Å². The number of thioether (sulfide) groups is 1. The van der Waals surface area contributed by atoms with Crippen molar-refractivity contribution in [2.75, 3.05) is 5.75 Å². The molecule has 1 heterocycles. The van der Waals surface area contributed by atoms with E-state index in [0.717, 1.165) is 25.7 Å². The van der Waals surface area contributed by atoms with E-state index in [1.165, 1.54) is 35.2 Å². The zero-order chi connectivity index (χ0) is 16.2. The average molecular weight is 345 g/mol. The molecule has 0 saturated heterocycles. The van der Waals surface area contributed by atoms with Crippen LogP contribution in [0.25, 0.3) is 21.2 Å². The monoisotopic (exact) mass is 345 g/mol. The van der Waals surface area contributed by atoms with Crippen LogP contribution in [-0.4, -0.2) is 21.8 Å². The summed E-state index contributed by atoms with van der Waals surface area (Å²) in [6.45, 7) is 0. The Hall–Kier alpha value is -2.18. The van der Waals surface area contributed by atoms with Crippen LogP contribution in [0, 0.1) is 5.82 Å². The summed E-state index contributed by atoms with van der Waals surface area (Å²) in [5, 5.41) is 9.70. The van der Waals surface area contributed by atoms with Gasteiger partial charge in [0.2, 0.25) is 0 Å². The van der Waals surface area contributed by atoms with Crippen molar-refractivity contribution in [1.82, 2.24) is 4.98 Å². The molecule has 1 aromatic heterocycles. The fraction of sp³-hybridized carbons (Fsp3) is 0.0588. The summed E-state index contributed by atoms with van der Waals surface area (Å²) in [4.78, 5) is 16.2. The molecular formula is C17H12FNO2S2. The van der Waals surface area contributed by atoms with Gasteiger partial charge in [0.15, 0.2) is 0 Å². The van der Waals surface area contributed by atoms with Gasteiger partial charge in [-0.1, -0.05) is 24.3 Å². The molecule has 0 aliphatic heterocycles. The van der Waals surface area contributed by atoms with Gasteiger partial charge in [0, 0.05) is 4.91 Å². The van der Waals surface area contributed by atoms with E-state index < -0.39 is 5.97 Å². The first-order valence-electron chi connectivity index (χ1n) is 6.79. The Bertz CT molecular complexity index is 839. The number of benzene rings is 2. The lowest BCUT2D eigenvalue weighted by Gasteiger charge is -2.02. The summed E-state index contributed by atoms with van der Waals surface area (Å²) in [5.74, 6) is -1.24. The molecule has 116 valence electrons. The molecule has 23 heavy (non-hydrogen) atoms. The molecule has 0 bridgehead atoms. The fourth-order valence-corrected chi connectivity index (χ4v) is 3.84. The van der Waals surface area contributed by atoms with Crippen LogP contribution in [0.5, 0.6) is 0 Å². The molecule has 0 atom stereocenters. The van der Waals surface area contributed by atoms with Crippen molar-refractivity contribution in [3.8, 4) is 0 Å². The normalized spacial score (nSPS) is 11.8. The van der Waals surface area contributed by atoms with Gasteiger partial charge in [0.1, 0.15) is 10.8 Å². The Balaban J connectivity index is 2.00. The van der Waals surface area contributed by atoms with Gasteiger partial charge in [-0.3, -0.25) is 4.79 Å². The Morgan fingerprint density at radius 1 is 1.22 bits per heavy atom. The number of carboxylic acids is 1. The zero-order valence-electron chi connectivity index (χ0n) is 11.9. The van der Waals surface area contributed by atoms with Crippen LogP contribution in [0.2, 0.25) is 0 Å². The zero-order valence-corrected chi connectivity index (χ0v) is 13.5. The molecular weight excluding hydrogens is 333 g/mol. The number of para-hydroxylation sites is 1. The first-order chi connectivity index (χ1) is 11.1. The van der Waals surface area contributed by atoms with Crippen LogP contribution in [0.1, 0.15) is 10.6 Å². The van der Waals surface area contributed by atoms with Crippen molar-refractivity contribution in [2.24, 2.45) is 0 Å². The van der Waals surface area contributed by atoms with Gasteiger partial charge in [0.25, 0.3) is 0 Å². The number of aromatic nitrogens is 1. The molecule has 0 spiro atoms. The SMILES string of the molecule is O=C(O)CSC(=Cc1ccc(F)cc1)c1nc2ccccc2s1. The predicted octanol–water partition coefficient (Wildman–Crippen LogP) is 4.75. The largest absolute Gasteiger partial charge is 0.481 e. The topological polar surface area (TPSA) is 50.2 Å². The highest BCUT2D eigenvalue weighted by atomic mass is 32.2. The molecule has 0 aliphatic rings. The molecule has 3 rings (SSSR count). The summed E-state index contributed by atoms with van der Waals surface area (Å²) in [5.41, 5.74) is 1.69. The van der Waals surface area contributed by atoms with Crippen LogP contribution >= 0.6 is 23.1 Å². The highest BCUT2D eigenvalue weighted by molar-refractivity contribution is 8.09. The predicted molar refractivity (Wildman–Crippen MR) is 94.0 cm³/mol. The maximum absolute atomic E-state index is 13.0. The number of carboxylic acid groups (broad SMARTS) is 1. The van der Waals surface area contributed by atoms with Crippen molar-refractivity contribution < 1.29 is 14.3 Å². The fourth-order valence-electron chi connectivity index (χ4n) is 1.99. The molecule has 0 amide bonds. The molecule has 0 saturated carbocycles. The van der Waals surface area contributed by atoms with Gasteiger partial charge in [-0.15, -0.1) is 23.1 Å². The standard InChI is InChI=1S/C17H12FNO2S2/c18-12-7-5-11(6-8-12)9-15(22-10-16(20)21)17-19-13-3-1-2-4-14(13)23-17/h1-9H,10H2,(H,20,21). The number of hydrogen-bond donors (Lipinski definition) is 1. The third-order valence-electron chi connectivity index (χ3n) is 3.02. The van der Waals surface area contributed by atoms with Crippen molar-refractivity contribution in [3.05, 3.63) is 64.9 Å². The summed E-state index contributed by atoms with van der Waals surface area (Å²) < 4.78 is 14.1. The van der Waals surface area contributed by atoms with E-state index in [0.29, 0.717) is 0 Å². The lowest BCUT2D eigenvalue weighted by atomic mass is 10.2. The van der Waals surface area contributed by atoms with Gasteiger partial charge < -0.3 is 5.11 Å². The quantitative estimate of drug-likeness (QED) is 0.725.